The molecule has 0 fully saturated rings. The van der Waals surface area contributed by atoms with Crippen LogP contribution in [0.3, 0.4) is 0 Å². The van der Waals surface area contributed by atoms with Crippen molar-refractivity contribution in [3.05, 3.63) is 63.6 Å². The van der Waals surface area contributed by atoms with Crippen LogP contribution in [0.5, 0.6) is 5.75 Å². The lowest BCUT2D eigenvalue weighted by molar-refractivity contribution is 0.0784. The Balaban J connectivity index is 2.16. The number of phenolic OH excluding ortho intramolecular Hbond substituents is 1. The predicted octanol–water partition coefficient (Wildman–Crippen LogP) is 3.74. The van der Waals surface area contributed by atoms with Gasteiger partial charge in [0.25, 0.3) is 5.91 Å². The van der Waals surface area contributed by atoms with E-state index in [1.165, 1.54) is 0 Å². The Bertz CT molecular complexity index is 640. The maximum absolute atomic E-state index is 12.4. The Morgan fingerprint density at radius 1 is 1.25 bits per heavy atom. The quantitative estimate of drug-likeness (QED) is 0.929. The third-order valence-electron chi connectivity index (χ3n) is 3.03. The van der Waals surface area contributed by atoms with Gasteiger partial charge in [0.2, 0.25) is 0 Å². The SMILES string of the molecule is Cc1ccc(C(=O)N(C)Cc2cccc(O)c2)c(Br)c1. The lowest BCUT2D eigenvalue weighted by Gasteiger charge is -2.18. The highest BCUT2D eigenvalue weighted by Gasteiger charge is 2.15. The van der Waals surface area contributed by atoms with E-state index in [1.54, 1.807) is 30.1 Å². The number of rotatable bonds is 3. The molecule has 1 amide bonds. The first-order valence-corrected chi connectivity index (χ1v) is 7.06. The van der Waals surface area contributed by atoms with Gasteiger partial charge in [-0.05, 0) is 58.2 Å². The molecule has 0 aromatic heterocycles. The first kappa shape index (κ1) is 14.6. The summed E-state index contributed by atoms with van der Waals surface area (Å²) in [6.45, 7) is 2.43. The number of nitrogens with zero attached hydrogens (tertiary/aromatic N) is 1. The number of halogens is 1. The molecule has 104 valence electrons. The van der Waals surface area contributed by atoms with Crippen LogP contribution in [0.2, 0.25) is 0 Å². The second kappa shape index (κ2) is 6.09. The molecular formula is C16H16BrNO2. The van der Waals surface area contributed by atoms with Crippen molar-refractivity contribution in [2.24, 2.45) is 0 Å². The Morgan fingerprint density at radius 2 is 2.00 bits per heavy atom. The summed E-state index contributed by atoms with van der Waals surface area (Å²) in [7, 11) is 1.75. The fourth-order valence-electron chi connectivity index (χ4n) is 2.00. The standard InChI is InChI=1S/C16H16BrNO2/c1-11-6-7-14(15(17)8-11)16(20)18(2)10-12-4-3-5-13(19)9-12/h3-9,19H,10H2,1-2H3. The zero-order valence-corrected chi connectivity index (χ0v) is 13.0. The number of benzene rings is 2. The summed E-state index contributed by atoms with van der Waals surface area (Å²) < 4.78 is 0.797. The summed E-state index contributed by atoms with van der Waals surface area (Å²) in [4.78, 5) is 14.0. The number of carbonyl (C=O) groups is 1. The van der Waals surface area contributed by atoms with Crippen LogP contribution in [-0.2, 0) is 6.54 Å². The minimum absolute atomic E-state index is 0.0554. The molecule has 0 radical (unpaired) electrons. The molecule has 2 rings (SSSR count). The molecular weight excluding hydrogens is 318 g/mol. The largest absolute Gasteiger partial charge is 0.508 e. The summed E-state index contributed by atoms with van der Waals surface area (Å²) in [5.74, 6) is 0.153. The number of hydrogen-bond donors (Lipinski definition) is 1. The second-order valence-electron chi connectivity index (χ2n) is 4.81. The summed E-state index contributed by atoms with van der Waals surface area (Å²) in [5.41, 5.74) is 2.63. The molecule has 2 aromatic carbocycles. The van der Waals surface area contributed by atoms with Gasteiger partial charge in [-0.2, -0.15) is 0 Å². The Labute approximate surface area is 127 Å². The number of aromatic hydroxyl groups is 1. The third-order valence-corrected chi connectivity index (χ3v) is 3.69. The molecule has 0 aliphatic heterocycles. The van der Waals surface area contributed by atoms with E-state index < -0.39 is 0 Å². The normalized spacial score (nSPS) is 10.3. The number of amides is 1. The lowest BCUT2D eigenvalue weighted by Crippen LogP contribution is -2.26. The van der Waals surface area contributed by atoms with Crippen molar-refractivity contribution in [2.45, 2.75) is 13.5 Å². The van der Waals surface area contributed by atoms with Gasteiger partial charge in [-0.3, -0.25) is 4.79 Å². The molecule has 0 bridgehead atoms. The zero-order valence-electron chi connectivity index (χ0n) is 11.4. The van der Waals surface area contributed by atoms with Crippen molar-refractivity contribution < 1.29 is 9.90 Å². The van der Waals surface area contributed by atoms with Gasteiger partial charge in [-0.25, -0.2) is 0 Å². The summed E-state index contributed by atoms with van der Waals surface area (Å²) in [6.07, 6.45) is 0. The summed E-state index contributed by atoms with van der Waals surface area (Å²) in [6, 6.07) is 12.6. The Hall–Kier alpha value is -1.81. The first-order chi connectivity index (χ1) is 9.47. The molecule has 0 aliphatic carbocycles. The van der Waals surface area contributed by atoms with Crippen molar-refractivity contribution in [2.75, 3.05) is 7.05 Å². The molecule has 0 aliphatic rings. The number of hydrogen-bond acceptors (Lipinski definition) is 2. The van der Waals surface area contributed by atoms with Gasteiger partial charge in [0.15, 0.2) is 0 Å². The van der Waals surface area contributed by atoms with Gasteiger partial charge in [0.05, 0.1) is 5.56 Å². The van der Waals surface area contributed by atoms with E-state index in [1.807, 2.05) is 31.2 Å². The van der Waals surface area contributed by atoms with Crippen molar-refractivity contribution in [1.29, 1.82) is 0 Å². The smallest absolute Gasteiger partial charge is 0.255 e. The predicted molar refractivity (Wildman–Crippen MR) is 82.8 cm³/mol. The second-order valence-corrected chi connectivity index (χ2v) is 5.67. The molecule has 4 heteroatoms. The minimum Gasteiger partial charge on any atom is -0.508 e. The maximum Gasteiger partial charge on any atom is 0.255 e. The van der Waals surface area contributed by atoms with Crippen LogP contribution >= 0.6 is 15.9 Å². The van der Waals surface area contributed by atoms with Gasteiger partial charge < -0.3 is 10.0 Å². The minimum atomic E-state index is -0.0554. The van der Waals surface area contributed by atoms with Crippen molar-refractivity contribution in [1.82, 2.24) is 4.90 Å². The highest BCUT2D eigenvalue weighted by molar-refractivity contribution is 9.10. The van der Waals surface area contributed by atoms with Crippen LogP contribution in [0.1, 0.15) is 21.5 Å². The maximum atomic E-state index is 12.4. The van der Waals surface area contributed by atoms with E-state index in [-0.39, 0.29) is 11.7 Å². The van der Waals surface area contributed by atoms with E-state index in [9.17, 15) is 9.90 Å². The average molecular weight is 334 g/mol. The molecule has 3 nitrogen and oxygen atoms in total. The van der Waals surface area contributed by atoms with Crippen LogP contribution in [-0.4, -0.2) is 23.0 Å². The Kier molecular flexibility index (Phi) is 4.45. The average Bonchev–Trinajstić information content (AvgIpc) is 2.38. The first-order valence-electron chi connectivity index (χ1n) is 6.27. The Morgan fingerprint density at radius 3 is 2.65 bits per heavy atom. The van der Waals surface area contributed by atoms with E-state index in [2.05, 4.69) is 15.9 Å². The highest BCUT2D eigenvalue weighted by Crippen LogP contribution is 2.21. The van der Waals surface area contributed by atoms with Gasteiger partial charge in [-0.15, -0.1) is 0 Å². The molecule has 2 aromatic rings. The van der Waals surface area contributed by atoms with Crippen LogP contribution in [0.15, 0.2) is 46.9 Å². The molecule has 0 atom stereocenters. The number of carbonyl (C=O) groups excluding carboxylic acids is 1. The monoisotopic (exact) mass is 333 g/mol. The van der Waals surface area contributed by atoms with Crippen LogP contribution in [0.4, 0.5) is 0 Å². The summed E-state index contributed by atoms with van der Waals surface area (Å²) in [5, 5.41) is 9.45. The van der Waals surface area contributed by atoms with Gasteiger partial charge in [-0.1, -0.05) is 18.2 Å². The topological polar surface area (TPSA) is 40.5 Å². The zero-order chi connectivity index (χ0) is 14.7. The van der Waals surface area contributed by atoms with Crippen molar-refractivity contribution in [3.8, 4) is 5.75 Å². The third kappa shape index (κ3) is 3.39. The van der Waals surface area contributed by atoms with Gasteiger partial charge >= 0.3 is 0 Å². The van der Waals surface area contributed by atoms with E-state index in [0.29, 0.717) is 12.1 Å². The van der Waals surface area contributed by atoms with Crippen LogP contribution in [0.25, 0.3) is 0 Å². The molecule has 0 saturated heterocycles. The van der Waals surface area contributed by atoms with E-state index in [0.717, 1.165) is 15.6 Å². The van der Waals surface area contributed by atoms with Crippen molar-refractivity contribution >= 4 is 21.8 Å². The fraction of sp³-hybridized carbons (Fsp3) is 0.188. The van der Waals surface area contributed by atoms with Crippen LogP contribution < -0.4 is 0 Å². The number of aryl methyl sites for hydroxylation is 1. The molecule has 0 saturated carbocycles. The van der Waals surface area contributed by atoms with Crippen molar-refractivity contribution in [3.63, 3.8) is 0 Å². The fourth-order valence-corrected chi connectivity index (χ4v) is 2.66. The molecule has 20 heavy (non-hydrogen) atoms. The van der Waals surface area contributed by atoms with Gasteiger partial charge in [0.1, 0.15) is 5.75 Å². The molecule has 0 spiro atoms. The van der Waals surface area contributed by atoms with Crippen LogP contribution in [0, 0.1) is 6.92 Å². The molecule has 0 unspecified atom stereocenters. The summed E-state index contributed by atoms with van der Waals surface area (Å²) >= 11 is 3.43. The van der Waals surface area contributed by atoms with E-state index in [4.69, 9.17) is 0 Å². The molecule has 1 N–H and O–H groups in total. The van der Waals surface area contributed by atoms with Gasteiger partial charge in [0, 0.05) is 18.1 Å². The van der Waals surface area contributed by atoms with E-state index >= 15 is 0 Å². The lowest BCUT2D eigenvalue weighted by atomic mass is 10.1. The molecule has 0 heterocycles. The number of phenols is 1. The highest BCUT2D eigenvalue weighted by atomic mass is 79.9.